The minimum atomic E-state index is 0.269. The number of aryl methyl sites for hydroxylation is 1. The van der Waals surface area contributed by atoms with Crippen molar-refractivity contribution in [2.45, 2.75) is 51.6 Å². The molecule has 4 heteroatoms. The van der Waals surface area contributed by atoms with Gasteiger partial charge in [0, 0.05) is 37.6 Å². The Morgan fingerprint density at radius 1 is 1.32 bits per heavy atom. The van der Waals surface area contributed by atoms with E-state index in [0.717, 1.165) is 30.5 Å². The van der Waals surface area contributed by atoms with Crippen molar-refractivity contribution in [2.24, 2.45) is 0 Å². The zero-order valence-corrected chi connectivity index (χ0v) is 12.4. The first-order valence-electron chi connectivity index (χ1n) is 7.39. The molecule has 0 aromatic carbocycles. The van der Waals surface area contributed by atoms with Gasteiger partial charge in [-0.15, -0.1) is 0 Å². The number of rotatable bonds is 6. The Kier molecular flexibility index (Phi) is 5.28. The molecule has 4 nitrogen and oxygen atoms in total. The minimum Gasteiger partial charge on any atom is -0.308 e. The standard InChI is InChI=1S/C15H26N4/c1-12-15(18-9-8-16-12)13(2)17-10-11-19(3)14-6-4-5-7-14/h8-9,13-14,17H,4-7,10-11H2,1-3H3. The molecule has 1 aliphatic carbocycles. The Balaban J connectivity index is 1.74. The molecule has 1 fully saturated rings. The third kappa shape index (κ3) is 3.98. The molecule has 1 atom stereocenters. The van der Waals surface area contributed by atoms with Crippen LogP contribution in [0.25, 0.3) is 0 Å². The van der Waals surface area contributed by atoms with Gasteiger partial charge in [-0.25, -0.2) is 0 Å². The summed E-state index contributed by atoms with van der Waals surface area (Å²) in [7, 11) is 2.25. The Bertz CT molecular complexity index is 387. The highest BCUT2D eigenvalue weighted by atomic mass is 15.1. The van der Waals surface area contributed by atoms with Crippen LogP contribution in [0.2, 0.25) is 0 Å². The van der Waals surface area contributed by atoms with Crippen molar-refractivity contribution in [1.82, 2.24) is 20.2 Å². The highest BCUT2D eigenvalue weighted by Crippen LogP contribution is 2.22. The van der Waals surface area contributed by atoms with Crippen molar-refractivity contribution >= 4 is 0 Å². The van der Waals surface area contributed by atoms with Gasteiger partial charge in [-0.3, -0.25) is 9.97 Å². The summed E-state index contributed by atoms with van der Waals surface area (Å²) in [6.45, 7) is 6.29. The molecule has 1 N–H and O–H groups in total. The zero-order valence-electron chi connectivity index (χ0n) is 12.4. The number of aromatic nitrogens is 2. The van der Waals surface area contributed by atoms with E-state index < -0.39 is 0 Å². The number of nitrogens with one attached hydrogen (secondary N) is 1. The number of hydrogen-bond donors (Lipinski definition) is 1. The van der Waals surface area contributed by atoms with Gasteiger partial charge in [-0.05, 0) is 33.7 Å². The molecular formula is C15H26N4. The van der Waals surface area contributed by atoms with Gasteiger partial charge in [-0.2, -0.15) is 0 Å². The summed E-state index contributed by atoms with van der Waals surface area (Å²) in [6.07, 6.45) is 9.06. The fourth-order valence-corrected chi connectivity index (χ4v) is 2.93. The lowest BCUT2D eigenvalue weighted by molar-refractivity contribution is 0.242. The van der Waals surface area contributed by atoms with Crippen LogP contribution < -0.4 is 5.32 Å². The molecule has 0 amide bonds. The van der Waals surface area contributed by atoms with Crippen LogP contribution >= 0.6 is 0 Å². The topological polar surface area (TPSA) is 41.1 Å². The van der Waals surface area contributed by atoms with Crippen LogP contribution in [-0.4, -0.2) is 41.0 Å². The molecule has 2 rings (SSSR count). The molecule has 106 valence electrons. The summed E-state index contributed by atoms with van der Waals surface area (Å²) in [4.78, 5) is 11.2. The van der Waals surface area contributed by atoms with E-state index in [2.05, 4.69) is 34.2 Å². The normalized spacial score (nSPS) is 18.1. The van der Waals surface area contributed by atoms with Gasteiger partial charge in [0.15, 0.2) is 0 Å². The third-order valence-corrected chi connectivity index (χ3v) is 4.19. The first-order valence-corrected chi connectivity index (χ1v) is 7.39. The molecule has 0 bridgehead atoms. The van der Waals surface area contributed by atoms with Gasteiger partial charge in [0.1, 0.15) is 0 Å². The third-order valence-electron chi connectivity index (χ3n) is 4.19. The largest absolute Gasteiger partial charge is 0.308 e. The van der Waals surface area contributed by atoms with Crippen LogP contribution in [0.3, 0.4) is 0 Å². The van der Waals surface area contributed by atoms with E-state index in [4.69, 9.17) is 0 Å². The molecule has 0 spiro atoms. The van der Waals surface area contributed by atoms with Crippen LogP contribution in [0.1, 0.15) is 50.0 Å². The summed E-state index contributed by atoms with van der Waals surface area (Å²) in [5.74, 6) is 0. The quantitative estimate of drug-likeness (QED) is 0.854. The Labute approximate surface area is 116 Å². The van der Waals surface area contributed by atoms with Crippen molar-refractivity contribution in [2.75, 3.05) is 20.1 Å². The van der Waals surface area contributed by atoms with Crippen LogP contribution in [0, 0.1) is 6.92 Å². The van der Waals surface area contributed by atoms with Gasteiger partial charge in [0.2, 0.25) is 0 Å². The van der Waals surface area contributed by atoms with E-state index in [1.54, 1.807) is 12.4 Å². The molecule has 0 saturated heterocycles. The molecule has 19 heavy (non-hydrogen) atoms. The fraction of sp³-hybridized carbons (Fsp3) is 0.733. The van der Waals surface area contributed by atoms with Crippen molar-refractivity contribution < 1.29 is 0 Å². The van der Waals surface area contributed by atoms with E-state index in [9.17, 15) is 0 Å². The van der Waals surface area contributed by atoms with E-state index in [0.29, 0.717) is 0 Å². The SMILES string of the molecule is Cc1nccnc1C(C)NCCN(C)C1CCCC1. The van der Waals surface area contributed by atoms with Gasteiger partial charge >= 0.3 is 0 Å². The summed E-state index contributed by atoms with van der Waals surface area (Å²) >= 11 is 0. The first kappa shape index (κ1) is 14.4. The summed E-state index contributed by atoms with van der Waals surface area (Å²) in [5.41, 5.74) is 2.08. The summed E-state index contributed by atoms with van der Waals surface area (Å²) < 4.78 is 0. The van der Waals surface area contributed by atoms with Crippen molar-refractivity contribution in [3.8, 4) is 0 Å². The Hall–Kier alpha value is -1.00. The van der Waals surface area contributed by atoms with Gasteiger partial charge in [0.05, 0.1) is 11.4 Å². The monoisotopic (exact) mass is 262 g/mol. The molecule has 1 heterocycles. The second-order valence-electron chi connectivity index (χ2n) is 5.62. The van der Waals surface area contributed by atoms with Crippen LogP contribution in [-0.2, 0) is 0 Å². The smallest absolute Gasteiger partial charge is 0.0782 e. The predicted molar refractivity (Wildman–Crippen MR) is 78.1 cm³/mol. The van der Waals surface area contributed by atoms with Gasteiger partial charge < -0.3 is 10.2 Å². The molecular weight excluding hydrogens is 236 g/mol. The average Bonchev–Trinajstić information content (AvgIpc) is 2.93. The van der Waals surface area contributed by atoms with Crippen molar-refractivity contribution in [1.29, 1.82) is 0 Å². The maximum absolute atomic E-state index is 4.41. The molecule has 1 aromatic rings. The van der Waals surface area contributed by atoms with E-state index in [1.807, 2.05) is 6.92 Å². The van der Waals surface area contributed by atoms with Crippen molar-refractivity contribution in [3.63, 3.8) is 0 Å². The second-order valence-corrected chi connectivity index (χ2v) is 5.62. The molecule has 0 radical (unpaired) electrons. The van der Waals surface area contributed by atoms with Crippen LogP contribution in [0.5, 0.6) is 0 Å². The van der Waals surface area contributed by atoms with E-state index >= 15 is 0 Å². The van der Waals surface area contributed by atoms with Gasteiger partial charge in [-0.1, -0.05) is 12.8 Å². The van der Waals surface area contributed by atoms with E-state index in [-0.39, 0.29) is 6.04 Å². The second kappa shape index (κ2) is 6.96. The van der Waals surface area contributed by atoms with Crippen LogP contribution in [0.15, 0.2) is 12.4 Å². The lowest BCUT2D eigenvalue weighted by Crippen LogP contribution is -2.36. The molecule has 1 aromatic heterocycles. The maximum Gasteiger partial charge on any atom is 0.0782 e. The molecule has 0 aliphatic heterocycles. The number of likely N-dealkylation sites (N-methyl/N-ethyl adjacent to an activating group) is 1. The summed E-state index contributed by atoms with van der Waals surface area (Å²) in [6, 6.07) is 1.07. The number of nitrogens with zero attached hydrogens (tertiary/aromatic N) is 3. The first-order chi connectivity index (χ1) is 9.18. The summed E-state index contributed by atoms with van der Waals surface area (Å²) in [5, 5.41) is 3.55. The molecule has 1 saturated carbocycles. The highest BCUT2D eigenvalue weighted by Gasteiger charge is 2.19. The molecule has 1 aliphatic rings. The zero-order chi connectivity index (χ0) is 13.7. The minimum absolute atomic E-state index is 0.269. The van der Waals surface area contributed by atoms with Gasteiger partial charge in [0.25, 0.3) is 0 Å². The Morgan fingerprint density at radius 2 is 2.00 bits per heavy atom. The van der Waals surface area contributed by atoms with E-state index in [1.165, 1.54) is 25.7 Å². The maximum atomic E-state index is 4.41. The predicted octanol–water partition coefficient (Wildman–Crippen LogP) is 2.31. The number of hydrogen-bond acceptors (Lipinski definition) is 4. The lowest BCUT2D eigenvalue weighted by atomic mass is 10.2. The molecule has 1 unspecified atom stereocenters. The average molecular weight is 262 g/mol. The fourth-order valence-electron chi connectivity index (χ4n) is 2.93. The van der Waals surface area contributed by atoms with Crippen LogP contribution in [0.4, 0.5) is 0 Å². The van der Waals surface area contributed by atoms with Crippen molar-refractivity contribution in [3.05, 3.63) is 23.8 Å². The Morgan fingerprint density at radius 3 is 2.68 bits per heavy atom. The lowest BCUT2D eigenvalue weighted by Gasteiger charge is -2.25. The highest BCUT2D eigenvalue weighted by molar-refractivity contribution is 5.12.